The Morgan fingerprint density at radius 3 is 2.57 bits per heavy atom. The fourth-order valence-corrected chi connectivity index (χ4v) is 2.71. The summed E-state index contributed by atoms with van der Waals surface area (Å²) in [7, 11) is 0. The Labute approximate surface area is 127 Å². The van der Waals surface area contributed by atoms with Crippen molar-refractivity contribution in [1.29, 1.82) is 0 Å². The Bertz CT molecular complexity index is 375. The largest absolute Gasteiger partial charge is 0.481 e. The number of hydrogen-bond donors (Lipinski definition) is 1. The van der Waals surface area contributed by atoms with E-state index >= 15 is 0 Å². The Kier molecular flexibility index (Phi) is 7.48. The Morgan fingerprint density at radius 2 is 1.90 bits per heavy atom. The third kappa shape index (κ3) is 5.18. The summed E-state index contributed by atoms with van der Waals surface area (Å²) in [5.41, 5.74) is -1.03. The second-order valence-corrected chi connectivity index (χ2v) is 6.10. The normalized spacial score (nSPS) is 24.8. The summed E-state index contributed by atoms with van der Waals surface area (Å²) in [5.74, 6) is -1.98. The quantitative estimate of drug-likeness (QED) is 0.397. The molecule has 0 aromatic carbocycles. The van der Waals surface area contributed by atoms with Gasteiger partial charge in [0.2, 0.25) is 0 Å². The minimum atomic E-state index is -1.03. The van der Waals surface area contributed by atoms with Crippen molar-refractivity contribution >= 4 is 11.9 Å². The topological polar surface area (TPSA) is 63.6 Å². The Hall–Kier alpha value is -1.32. The second-order valence-electron chi connectivity index (χ2n) is 6.10. The smallest absolute Gasteiger partial charge is 0.313 e. The highest BCUT2D eigenvalue weighted by atomic mass is 16.5. The van der Waals surface area contributed by atoms with E-state index in [4.69, 9.17) is 4.74 Å². The molecule has 1 rings (SSSR count). The average Bonchev–Trinajstić information content (AvgIpc) is 2.46. The predicted octanol–water partition coefficient (Wildman–Crippen LogP) is 3.95. The lowest BCUT2D eigenvalue weighted by atomic mass is 9.70. The summed E-state index contributed by atoms with van der Waals surface area (Å²) in [6.07, 6.45) is 11.5. The minimum Gasteiger partial charge on any atom is -0.481 e. The van der Waals surface area contributed by atoms with Crippen molar-refractivity contribution in [1.82, 2.24) is 0 Å². The molecule has 0 radical (unpaired) electrons. The van der Waals surface area contributed by atoms with Crippen LogP contribution in [-0.2, 0) is 14.3 Å². The Balaban J connectivity index is 2.35. The van der Waals surface area contributed by atoms with Gasteiger partial charge in [0.05, 0.1) is 17.9 Å². The first kappa shape index (κ1) is 17.7. The highest BCUT2D eigenvalue weighted by Gasteiger charge is 2.45. The van der Waals surface area contributed by atoms with Gasteiger partial charge in [-0.15, -0.1) is 0 Å². The van der Waals surface area contributed by atoms with E-state index in [1.54, 1.807) is 13.0 Å². The van der Waals surface area contributed by atoms with Gasteiger partial charge in [-0.2, -0.15) is 0 Å². The molecule has 4 nitrogen and oxygen atoms in total. The van der Waals surface area contributed by atoms with Gasteiger partial charge in [0.1, 0.15) is 0 Å². The molecule has 0 saturated carbocycles. The summed E-state index contributed by atoms with van der Waals surface area (Å²) < 4.78 is 5.28. The molecule has 0 bridgehead atoms. The number of esters is 1. The highest BCUT2D eigenvalue weighted by molar-refractivity contribution is 5.85. The number of allylic oxidation sites excluding steroid dienone is 1. The van der Waals surface area contributed by atoms with Gasteiger partial charge in [-0.1, -0.05) is 51.2 Å². The third-order valence-corrected chi connectivity index (χ3v) is 4.33. The highest BCUT2D eigenvalue weighted by Crippen LogP contribution is 2.38. The van der Waals surface area contributed by atoms with E-state index in [1.165, 1.54) is 25.7 Å². The molecule has 2 unspecified atom stereocenters. The van der Waals surface area contributed by atoms with Crippen LogP contribution in [-0.4, -0.2) is 23.7 Å². The standard InChI is InChI=1S/C17H28O4/c1-3-4-5-6-7-10-13-21-15(18)14-11-8-9-12-17(14,2)16(19)20/h8,11,14H,3-7,9-10,12-13H2,1-2H3,(H,19,20). The molecule has 4 heteroatoms. The van der Waals surface area contributed by atoms with Crippen molar-refractivity contribution in [3.05, 3.63) is 12.2 Å². The maximum Gasteiger partial charge on any atom is 0.313 e. The van der Waals surface area contributed by atoms with Gasteiger partial charge in [0.25, 0.3) is 0 Å². The van der Waals surface area contributed by atoms with Crippen molar-refractivity contribution in [2.75, 3.05) is 6.61 Å². The zero-order chi connectivity index (χ0) is 15.7. The molecule has 0 fully saturated rings. The Morgan fingerprint density at radius 1 is 1.24 bits per heavy atom. The maximum absolute atomic E-state index is 12.1. The summed E-state index contributed by atoms with van der Waals surface area (Å²) in [6.45, 7) is 4.21. The molecule has 120 valence electrons. The number of hydrogen-bond acceptors (Lipinski definition) is 3. The van der Waals surface area contributed by atoms with Crippen molar-refractivity contribution in [2.45, 2.75) is 65.2 Å². The monoisotopic (exact) mass is 296 g/mol. The number of unbranched alkanes of at least 4 members (excludes halogenated alkanes) is 5. The van der Waals surface area contributed by atoms with E-state index in [0.29, 0.717) is 19.4 Å². The van der Waals surface area contributed by atoms with Crippen LogP contribution in [0.3, 0.4) is 0 Å². The lowest BCUT2D eigenvalue weighted by Crippen LogP contribution is -2.41. The fourth-order valence-electron chi connectivity index (χ4n) is 2.71. The van der Waals surface area contributed by atoms with Gasteiger partial charge in [0.15, 0.2) is 0 Å². The van der Waals surface area contributed by atoms with Crippen molar-refractivity contribution < 1.29 is 19.4 Å². The van der Waals surface area contributed by atoms with Crippen molar-refractivity contribution in [2.24, 2.45) is 11.3 Å². The van der Waals surface area contributed by atoms with Crippen LogP contribution in [0.2, 0.25) is 0 Å². The number of rotatable bonds is 9. The molecule has 0 aromatic heterocycles. The molecule has 0 heterocycles. The van der Waals surface area contributed by atoms with Gasteiger partial charge >= 0.3 is 11.9 Å². The number of carbonyl (C=O) groups is 2. The zero-order valence-electron chi connectivity index (χ0n) is 13.3. The molecule has 0 aliphatic heterocycles. The van der Waals surface area contributed by atoms with Crippen LogP contribution >= 0.6 is 0 Å². The number of carboxylic acids is 1. The van der Waals surface area contributed by atoms with Crippen molar-refractivity contribution in [3.63, 3.8) is 0 Å². The van der Waals surface area contributed by atoms with Crippen LogP contribution in [0.1, 0.15) is 65.2 Å². The number of carbonyl (C=O) groups excluding carboxylic acids is 1. The molecule has 0 aromatic rings. The predicted molar refractivity (Wildman–Crippen MR) is 81.9 cm³/mol. The summed E-state index contributed by atoms with van der Waals surface area (Å²) in [5, 5.41) is 9.37. The summed E-state index contributed by atoms with van der Waals surface area (Å²) in [6, 6.07) is 0. The first-order valence-corrected chi connectivity index (χ1v) is 8.09. The molecular formula is C17H28O4. The van der Waals surface area contributed by atoms with E-state index in [0.717, 1.165) is 12.8 Å². The fraction of sp³-hybridized carbons (Fsp3) is 0.765. The minimum absolute atomic E-state index is 0.394. The van der Waals surface area contributed by atoms with Gasteiger partial charge in [0, 0.05) is 0 Å². The lowest BCUT2D eigenvalue weighted by Gasteiger charge is -2.32. The van der Waals surface area contributed by atoms with Crippen molar-refractivity contribution in [3.8, 4) is 0 Å². The molecule has 1 aliphatic rings. The molecule has 0 spiro atoms. The second kappa shape index (κ2) is 8.85. The molecule has 0 amide bonds. The number of aliphatic carboxylic acids is 1. The van der Waals surface area contributed by atoms with E-state index in [9.17, 15) is 14.7 Å². The van der Waals surface area contributed by atoms with Crippen LogP contribution in [0.4, 0.5) is 0 Å². The van der Waals surface area contributed by atoms with Gasteiger partial charge in [-0.25, -0.2) is 0 Å². The zero-order valence-corrected chi connectivity index (χ0v) is 13.3. The van der Waals surface area contributed by atoms with Gasteiger partial charge in [-0.3, -0.25) is 9.59 Å². The molecule has 2 atom stereocenters. The van der Waals surface area contributed by atoms with Crippen LogP contribution in [0.5, 0.6) is 0 Å². The SMILES string of the molecule is CCCCCCCCOC(=O)C1C=CCCC1(C)C(=O)O. The lowest BCUT2D eigenvalue weighted by molar-refractivity contribution is -0.163. The van der Waals surface area contributed by atoms with Gasteiger partial charge < -0.3 is 9.84 Å². The maximum atomic E-state index is 12.1. The number of ether oxygens (including phenoxy) is 1. The molecule has 0 saturated heterocycles. The molecular weight excluding hydrogens is 268 g/mol. The molecule has 21 heavy (non-hydrogen) atoms. The van der Waals surface area contributed by atoms with E-state index in [2.05, 4.69) is 6.92 Å². The van der Waals surface area contributed by atoms with E-state index in [1.807, 2.05) is 6.08 Å². The summed E-state index contributed by atoms with van der Waals surface area (Å²) >= 11 is 0. The first-order chi connectivity index (χ1) is 10.0. The molecule has 1 N–H and O–H groups in total. The van der Waals surface area contributed by atoms with Crippen LogP contribution in [0.25, 0.3) is 0 Å². The molecule has 1 aliphatic carbocycles. The average molecular weight is 296 g/mol. The first-order valence-electron chi connectivity index (χ1n) is 8.09. The van der Waals surface area contributed by atoms with E-state index in [-0.39, 0.29) is 0 Å². The summed E-state index contributed by atoms with van der Waals surface area (Å²) in [4.78, 5) is 23.5. The van der Waals surface area contributed by atoms with Crippen LogP contribution < -0.4 is 0 Å². The third-order valence-electron chi connectivity index (χ3n) is 4.33. The van der Waals surface area contributed by atoms with Gasteiger partial charge in [-0.05, 0) is 26.2 Å². The number of carboxylic acid groups (broad SMARTS) is 1. The van der Waals surface area contributed by atoms with Crippen LogP contribution in [0.15, 0.2) is 12.2 Å². The van der Waals surface area contributed by atoms with Crippen LogP contribution in [0, 0.1) is 11.3 Å². The van der Waals surface area contributed by atoms with E-state index < -0.39 is 23.3 Å².